The molecule has 0 aliphatic rings. The maximum atomic E-state index is 14.5. The van der Waals surface area contributed by atoms with Crippen LogP contribution in [-0.2, 0) is 17.6 Å². The molecule has 1 heterocycles. The van der Waals surface area contributed by atoms with Crippen molar-refractivity contribution in [2.45, 2.75) is 46.1 Å². The molecule has 8 heteroatoms. The van der Waals surface area contributed by atoms with Crippen molar-refractivity contribution < 1.29 is 23.8 Å². The molecule has 3 aromatic carbocycles. The van der Waals surface area contributed by atoms with Crippen molar-refractivity contribution in [2.75, 3.05) is 0 Å². The number of nitrogens with one attached hydrogen (secondary N) is 2. The van der Waals surface area contributed by atoms with E-state index in [1.165, 1.54) is 12.1 Å². The minimum atomic E-state index is -0.847. The average molecular weight is 523 g/mol. The van der Waals surface area contributed by atoms with E-state index in [-0.39, 0.29) is 12.3 Å². The number of amides is 1. The third-order valence-corrected chi connectivity index (χ3v) is 6.63. The highest BCUT2D eigenvalue weighted by Crippen LogP contribution is 2.29. The highest BCUT2D eigenvalue weighted by atomic mass is 35.5. The lowest BCUT2D eigenvalue weighted by Crippen LogP contribution is -2.27. The van der Waals surface area contributed by atoms with Crippen LogP contribution in [0.15, 0.2) is 54.6 Å². The molecular formula is C29H28ClFN2O4. The molecule has 0 bridgehead atoms. The van der Waals surface area contributed by atoms with Crippen LogP contribution in [0.5, 0.6) is 11.5 Å². The lowest BCUT2D eigenvalue weighted by Gasteiger charge is -2.16. The third-order valence-electron chi connectivity index (χ3n) is 6.39. The molecule has 0 aliphatic carbocycles. The van der Waals surface area contributed by atoms with Gasteiger partial charge in [-0.3, -0.25) is 9.59 Å². The van der Waals surface area contributed by atoms with E-state index in [0.717, 1.165) is 27.6 Å². The molecule has 3 N–H and O–H groups in total. The number of hydrogen-bond acceptors (Lipinski definition) is 3. The third kappa shape index (κ3) is 6.12. The summed E-state index contributed by atoms with van der Waals surface area (Å²) < 4.78 is 20.5. The predicted molar refractivity (Wildman–Crippen MR) is 142 cm³/mol. The second kappa shape index (κ2) is 11.0. The molecule has 0 fully saturated rings. The molecule has 0 aliphatic heterocycles. The fourth-order valence-electron chi connectivity index (χ4n) is 4.39. The van der Waals surface area contributed by atoms with E-state index in [0.29, 0.717) is 40.6 Å². The number of fused-ring (bicyclic) bond motifs is 1. The highest BCUT2D eigenvalue weighted by molar-refractivity contribution is 6.31. The Morgan fingerprint density at radius 3 is 2.59 bits per heavy atom. The standard InChI is InChI=1S/C29H28ClFN2O4/c1-4-18-12-23(8-5-19(18)6-10-27(34)35)37-24-13-20(11-22(31)15-24)17(3)32-29(36)28-16(2)25-14-21(30)7-9-26(25)33-28/h5,7-9,11-15,17,33H,4,6,10H2,1-3H3,(H,32,36)(H,34,35). The molecule has 0 saturated carbocycles. The van der Waals surface area contributed by atoms with E-state index in [1.807, 2.05) is 38.1 Å². The van der Waals surface area contributed by atoms with Crippen molar-refractivity contribution in [1.82, 2.24) is 10.3 Å². The van der Waals surface area contributed by atoms with Gasteiger partial charge >= 0.3 is 5.97 Å². The maximum Gasteiger partial charge on any atom is 0.303 e. The maximum absolute atomic E-state index is 14.5. The van der Waals surface area contributed by atoms with Crippen molar-refractivity contribution >= 4 is 34.4 Å². The SMILES string of the molecule is CCc1cc(Oc2cc(F)cc(C(C)NC(=O)c3[nH]c4ccc(Cl)cc4c3C)c2)ccc1CCC(=O)O. The zero-order valence-electron chi connectivity index (χ0n) is 20.8. The van der Waals surface area contributed by atoms with Gasteiger partial charge in [0.05, 0.1) is 6.04 Å². The van der Waals surface area contributed by atoms with Crippen molar-refractivity contribution in [3.05, 3.63) is 93.4 Å². The topological polar surface area (TPSA) is 91.4 Å². The van der Waals surface area contributed by atoms with Crippen molar-refractivity contribution in [1.29, 1.82) is 0 Å². The number of rotatable bonds is 9. The molecular weight excluding hydrogens is 495 g/mol. The Morgan fingerprint density at radius 1 is 1.08 bits per heavy atom. The van der Waals surface area contributed by atoms with Gasteiger partial charge in [-0.15, -0.1) is 0 Å². The Labute approximate surface area is 219 Å². The Hall–Kier alpha value is -3.84. The minimum Gasteiger partial charge on any atom is -0.481 e. The first-order chi connectivity index (χ1) is 17.6. The number of aryl methyl sites for hydroxylation is 3. The number of aliphatic carboxylic acids is 1. The molecule has 0 saturated heterocycles. The Morgan fingerprint density at radius 2 is 1.86 bits per heavy atom. The van der Waals surface area contributed by atoms with E-state index < -0.39 is 17.8 Å². The summed E-state index contributed by atoms with van der Waals surface area (Å²) in [5.74, 6) is -0.822. The number of carboxylic acid groups (broad SMARTS) is 1. The van der Waals surface area contributed by atoms with Gasteiger partial charge in [0.1, 0.15) is 23.0 Å². The summed E-state index contributed by atoms with van der Waals surface area (Å²) in [5, 5.41) is 13.3. The Kier molecular flexibility index (Phi) is 7.83. The lowest BCUT2D eigenvalue weighted by atomic mass is 10.0. The molecule has 0 radical (unpaired) electrons. The molecule has 1 atom stereocenters. The van der Waals surface area contributed by atoms with Crippen LogP contribution < -0.4 is 10.1 Å². The van der Waals surface area contributed by atoms with Gasteiger partial charge in [0, 0.05) is 28.4 Å². The fraction of sp³-hybridized carbons (Fsp3) is 0.241. The van der Waals surface area contributed by atoms with E-state index in [9.17, 15) is 14.0 Å². The fourth-order valence-corrected chi connectivity index (χ4v) is 4.56. The van der Waals surface area contributed by atoms with Gasteiger partial charge in [-0.25, -0.2) is 4.39 Å². The molecule has 192 valence electrons. The van der Waals surface area contributed by atoms with Gasteiger partial charge in [-0.05, 0) is 91.4 Å². The summed E-state index contributed by atoms with van der Waals surface area (Å²) in [4.78, 5) is 27.1. The first kappa shape index (κ1) is 26.2. The van der Waals surface area contributed by atoms with E-state index >= 15 is 0 Å². The quantitative estimate of drug-likeness (QED) is 0.218. The Balaban J connectivity index is 1.51. The number of carboxylic acids is 1. The van der Waals surface area contributed by atoms with Gasteiger partial charge in [-0.1, -0.05) is 24.6 Å². The monoisotopic (exact) mass is 522 g/mol. The van der Waals surface area contributed by atoms with Crippen LogP contribution in [0, 0.1) is 12.7 Å². The normalized spacial score (nSPS) is 11.9. The first-order valence-corrected chi connectivity index (χ1v) is 12.4. The van der Waals surface area contributed by atoms with Crippen molar-refractivity contribution in [3.8, 4) is 11.5 Å². The number of aromatic amines is 1. The van der Waals surface area contributed by atoms with Crippen molar-refractivity contribution in [3.63, 3.8) is 0 Å². The van der Waals surface area contributed by atoms with Crippen LogP contribution >= 0.6 is 11.6 Å². The number of ether oxygens (including phenoxy) is 1. The Bertz CT molecular complexity index is 1480. The average Bonchev–Trinajstić information content (AvgIpc) is 3.18. The molecule has 6 nitrogen and oxygen atoms in total. The summed E-state index contributed by atoms with van der Waals surface area (Å²) in [5.41, 5.74) is 4.49. The van der Waals surface area contributed by atoms with Gasteiger partial charge in [0.25, 0.3) is 5.91 Å². The van der Waals surface area contributed by atoms with Gasteiger partial charge < -0.3 is 20.1 Å². The first-order valence-electron chi connectivity index (χ1n) is 12.0. The van der Waals surface area contributed by atoms with Crippen LogP contribution in [-0.4, -0.2) is 22.0 Å². The molecule has 37 heavy (non-hydrogen) atoms. The number of H-pyrrole nitrogens is 1. The van der Waals surface area contributed by atoms with Gasteiger partial charge in [0.2, 0.25) is 0 Å². The molecule has 1 amide bonds. The van der Waals surface area contributed by atoms with E-state index in [1.54, 1.807) is 25.1 Å². The van der Waals surface area contributed by atoms with Crippen LogP contribution in [0.3, 0.4) is 0 Å². The van der Waals surface area contributed by atoms with Crippen LogP contribution in [0.2, 0.25) is 5.02 Å². The number of carbonyl (C=O) groups is 2. The second-order valence-corrected chi connectivity index (χ2v) is 9.45. The summed E-state index contributed by atoms with van der Waals surface area (Å²) in [6.07, 6.45) is 1.20. The van der Waals surface area contributed by atoms with E-state index in [2.05, 4.69) is 10.3 Å². The van der Waals surface area contributed by atoms with Crippen LogP contribution in [0.25, 0.3) is 10.9 Å². The molecule has 1 unspecified atom stereocenters. The molecule has 1 aromatic heterocycles. The number of halogens is 2. The van der Waals surface area contributed by atoms with Crippen LogP contribution in [0.1, 0.15) is 59.1 Å². The zero-order valence-corrected chi connectivity index (χ0v) is 21.6. The lowest BCUT2D eigenvalue weighted by molar-refractivity contribution is -0.136. The van der Waals surface area contributed by atoms with Crippen LogP contribution in [0.4, 0.5) is 4.39 Å². The summed E-state index contributed by atoms with van der Waals surface area (Å²) in [6.45, 7) is 5.61. The largest absolute Gasteiger partial charge is 0.481 e. The number of hydrogen-bond donors (Lipinski definition) is 3. The number of carbonyl (C=O) groups excluding carboxylic acids is 1. The zero-order chi connectivity index (χ0) is 26.7. The predicted octanol–water partition coefficient (Wildman–Crippen LogP) is 7.13. The van der Waals surface area contributed by atoms with Gasteiger partial charge in [0.15, 0.2) is 0 Å². The smallest absolute Gasteiger partial charge is 0.303 e. The summed E-state index contributed by atoms with van der Waals surface area (Å²) in [7, 11) is 0. The van der Waals surface area contributed by atoms with E-state index in [4.69, 9.17) is 21.4 Å². The summed E-state index contributed by atoms with van der Waals surface area (Å²) >= 11 is 6.10. The second-order valence-electron chi connectivity index (χ2n) is 9.01. The van der Waals surface area contributed by atoms with Crippen molar-refractivity contribution in [2.24, 2.45) is 0 Å². The molecule has 4 aromatic rings. The molecule has 4 rings (SSSR count). The minimum absolute atomic E-state index is 0.0514. The summed E-state index contributed by atoms with van der Waals surface area (Å²) in [6, 6.07) is 14.7. The number of aromatic nitrogens is 1. The number of benzene rings is 3. The highest BCUT2D eigenvalue weighted by Gasteiger charge is 2.19. The van der Waals surface area contributed by atoms with Gasteiger partial charge in [-0.2, -0.15) is 0 Å². The molecule has 0 spiro atoms.